The molecule has 0 radical (unpaired) electrons. The third kappa shape index (κ3) is 4.23. The molecular formula is C20H23NO3Sn. The maximum atomic E-state index is 12.8. The predicted molar refractivity (Wildman–Crippen MR) is 101 cm³/mol. The van der Waals surface area contributed by atoms with Gasteiger partial charge in [-0.25, -0.2) is 0 Å². The number of nitrogens with zero attached hydrogens (tertiary/aromatic N) is 1. The van der Waals surface area contributed by atoms with Gasteiger partial charge in [0.05, 0.1) is 0 Å². The zero-order chi connectivity index (χ0) is 17.7. The first-order valence-electron chi connectivity index (χ1n) is 8.74. The molecule has 0 spiro atoms. The molecular weight excluding hydrogens is 421 g/mol. The van der Waals surface area contributed by atoms with Crippen LogP contribution in [0.15, 0.2) is 59.6 Å². The molecule has 0 fully saturated rings. The Bertz CT molecular complexity index is 757. The van der Waals surface area contributed by atoms with Gasteiger partial charge in [-0.3, -0.25) is 0 Å². The summed E-state index contributed by atoms with van der Waals surface area (Å²) in [6.45, 7) is 4.11. The van der Waals surface area contributed by atoms with E-state index in [4.69, 9.17) is 6.15 Å². The van der Waals surface area contributed by atoms with E-state index in [2.05, 4.69) is 18.8 Å². The Morgan fingerprint density at radius 2 is 1.64 bits per heavy atom. The first-order chi connectivity index (χ1) is 12.2. The Balaban J connectivity index is 1.98. The van der Waals surface area contributed by atoms with Crippen molar-refractivity contribution in [3.05, 3.63) is 65.7 Å². The van der Waals surface area contributed by atoms with Gasteiger partial charge in [0.2, 0.25) is 0 Å². The molecule has 130 valence electrons. The normalized spacial score (nSPS) is 19.0. The van der Waals surface area contributed by atoms with Crippen LogP contribution in [-0.4, -0.2) is 37.4 Å². The molecule has 0 bridgehead atoms. The van der Waals surface area contributed by atoms with Gasteiger partial charge in [-0.2, -0.15) is 0 Å². The number of para-hydroxylation sites is 1. The van der Waals surface area contributed by atoms with Gasteiger partial charge in [0.25, 0.3) is 0 Å². The fourth-order valence-corrected chi connectivity index (χ4v) is 9.20. The van der Waals surface area contributed by atoms with Gasteiger partial charge in [-0.1, -0.05) is 0 Å². The molecule has 2 aromatic rings. The first kappa shape index (κ1) is 18.0. The second kappa shape index (κ2) is 8.04. The van der Waals surface area contributed by atoms with E-state index in [-0.39, 0.29) is 5.97 Å². The number of carbonyl (C=O) groups excluding carboxylic acids is 1. The van der Waals surface area contributed by atoms with Crippen LogP contribution in [0.4, 0.5) is 0 Å². The van der Waals surface area contributed by atoms with Crippen molar-refractivity contribution in [2.24, 2.45) is 4.99 Å². The minimum absolute atomic E-state index is 0.257. The average molecular weight is 444 g/mol. The van der Waals surface area contributed by atoms with Crippen LogP contribution in [0.25, 0.3) is 0 Å². The predicted octanol–water partition coefficient (Wildman–Crippen LogP) is 4.13. The summed E-state index contributed by atoms with van der Waals surface area (Å²) < 4.78 is 13.9. The maximum absolute atomic E-state index is 12.8. The monoisotopic (exact) mass is 445 g/mol. The number of benzene rings is 2. The molecule has 0 saturated carbocycles. The topological polar surface area (TPSA) is 47.9 Å². The molecule has 3 rings (SSSR count). The average Bonchev–Trinajstić information content (AvgIpc) is 2.71. The van der Waals surface area contributed by atoms with Gasteiger partial charge in [0.15, 0.2) is 0 Å². The van der Waals surface area contributed by atoms with E-state index in [0.29, 0.717) is 6.42 Å². The van der Waals surface area contributed by atoms with Crippen molar-refractivity contribution in [3.63, 3.8) is 0 Å². The Morgan fingerprint density at radius 3 is 2.36 bits per heavy atom. The van der Waals surface area contributed by atoms with Crippen LogP contribution >= 0.6 is 0 Å². The van der Waals surface area contributed by atoms with E-state index in [1.54, 1.807) is 6.21 Å². The van der Waals surface area contributed by atoms with E-state index in [1.165, 1.54) is 0 Å². The van der Waals surface area contributed by atoms with Gasteiger partial charge < -0.3 is 0 Å². The van der Waals surface area contributed by atoms with Gasteiger partial charge >= 0.3 is 154 Å². The zero-order valence-electron chi connectivity index (χ0n) is 14.6. The number of aliphatic imine (C=N–C) groups is 1. The number of hydrogen-bond donors (Lipinski definition) is 0. The van der Waals surface area contributed by atoms with Crippen LogP contribution in [0.2, 0.25) is 8.87 Å². The Kier molecular flexibility index (Phi) is 5.78. The van der Waals surface area contributed by atoms with Crippen molar-refractivity contribution >= 4 is 31.4 Å². The summed E-state index contributed by atoms with van der Waals surface area (Å²) in [5.41, 5.74) is 1.98. The van der Waals surface area contributed by atoms with E-state index >= 15 is 0 Å². The second-order valence-corrected chi connectivity index (χ2v) is 16.6. The van der Waals surface area contributed by atoms with E-state index < -0.39 is 25.2 Å². The fourth-order valence-electron chi connectivity index (χ4n) is 2.90. The SMILES string of the molecule is C[CH2][Sn]1([CH2]C)[O]C(=O)C(Cc2ccccc2)N=Cc2ccccc2[O]1. The summed E-state index contributed by atoms with van der Waals surface area (Å²) in [7, 11) is 0. The number of fused-ring (bicyclic) bond motifs is 1. The molecule has 0 aliphatic carbocycles. The molecule has 0 N–H and O–H groups in total. The van der Waals surface area contributed by atoms with E-state index in [9.17, 15) is 4.79 Å². The Morgan fingerprint density at radius 1 is 0.960 bits per heavy atom. The molecule has 1 unspecified atom stereocenters. The van der Waals surface area contributed by atoms with Crippen molar-refractivity contribution in [1.82, 2.24) is 0 Å². The summed E-state index contributed by atoms with van der Waals surface area (Å²) in [5, 5.41) is 0. The van der Waals surface area contributed by atoms with Crippen LogP contribution in [0.3, 0.4) is 0 Å². The molecule has 0 aromatic heterocycles. The number of carbonyl (C=O) groups is 1. The van der Waals surface area contributed by atoms with Gasteiger partial charge in [0, 0.05) is 0 Å². The van der Waals surface area contributed by atoms with Crippen LogP contribution < -0.4 is 3.07 Å². The van der Waals surface area contributed by atoms with Crippen molar-refractivity contribution in [2.45, 2.75) is 35.2 Å². The summed E-state index contributed by atoms with van der Waals surface area (Å²) >= 11 is -3.51. The van der Waals surface area contributed by atoms with Crippen LogP contribution in [0.5, 0.6) is 5.75 Å². The quantitative estimate of drug-likeness (QED) is 0.667. The van der Waals surface area contributed by atoms with Gasteiger partial charge in [-0.05, 0) is 0 Å². The van der Waals surface area contributed by atoms with E-state index in [1.807, 2.05) is 54.6 Å². The molecule has 1 aliphatic rings. The van der Waals surface area contributed by atoms with Gasteiger partial charge in [-0.15, -0.1) is 0 Å². The van der Waals surface area contributed by atoms with E-state index in [0.717, 1.165) is 25.7 Å². The third-order valence-electron chi connectivity index (χ3n) is 4.52. The van der Waals surface area contributed by atoms with Gasteiger partial charge in [0.1, 0.15) is 0 Å². The third-order valence-corrected chi connectivity index (χ3v) is 14.0. The number of rotatable bonds is 4. The molecule has 1 atom stereocenters. The molecule has 0 amide bonds. The first-order valence-corrected chi connectivity index (χ1v) is 15.1. The van der Waals surface area contributed by atoms with Crippen molar-refractivity contribution in [3.8, 4) is 5.75 Å². The van der Waals surface area contributed by atoms with Crippen LogP contribution in [0, 0.1) is 0 Å². The molecule has 1 aliphatic heterocycles. The Hall–Kier alpha value is -1.82. The molecule has 5 heteroatoms. The minimum atomic E-state index is -3.51. The number of hydrogen-bond acceptors (Lipinski definition) is 4. The summed E-state index contributed by atoms with van der Waals surface area (Å²) in [4.78, 5) is 17.4. The summed E-state index contributed by atoms with van der Waals surface area (Å²) in [6.07, 6.45) is 2.28. The van der Waals surface area contributed by atoms with Crippen molar-refractivity contribution < 1.29 is 10.9 Å². The summed E-state index contributed by atoms with van der Waals surface area (Å²) in [6, 6.07) is 17.2. The van der Waals surface area contributed by atoms with Crippen molar-refractivity contribution in [1.29, 1.82) is 0 Å². The molecule has 2 aromatic carbocycles. The standard InChI is InChI=1S/C16H15NO3.2C2H5.Sn/c18-15-9-5-4-8-13(15)11-17-14(16(19)20)10-12-6-2-1-3-7-12;2*1-2;/h1-9,11,14,18H,10H2,(H,19,20);2*1H2,2H3;/q;;;+2/p-2. The zero-order valence-corrected chi connectivity index (χ0v) is 17.5. The molecule has 0 saturated heterocycles. The van der Waals surface area contributed by atoms with Crippen LogP contribution in [-0.2, 0) is 14.3 Å². The molecule has 1 heterocycles. The Labute approximate surface area is 153 Å². The second-order valence-electron chi connectivity index (χ2n) is 6.16. The fraction of sp³-hybridized carbons (Fsp3) is 0.300. The van der Waals surface area contributed by atoms with Crippen LogP contribution in [0.1, 0.15) is 25.0 Å². The van der Waals surface area contributed by atoms with Crippen molar-refractivity contribution in [2.75, 3.05) is 0 Å². The molecule has 4 nitrogen and oxygen atoms in total. The summed E-state index contributed by atoms with van der Waals surface area (Å²) in [5.74, 6) is 0.520. The molecule has 25 heavy (non-hydrogen) atoms.